The van der Waals surface area contributed by atoms with Gasteiger partial charge in [0.1, 0.15) is 5.82 Å². The van der Waals surface area contributed by atoms with Crippen LogP contribution >= 0.6 is 11.6 Å². The van der Waals surface area contributed by atoms with Gasteiger partial charge in [0, 0.05) is 23.7 Å². The second-order valence-electron chi connectivity index (χ2n) is 6.70. The molecule has 2 aromatic rings. The number of nitrogens with one attached hydrogen (secondary N) is 2. The molecule has 1 fully saturated rings. The Hall–Kier alpha value is -1.85. The van der Waals surface area contributed by atoms with Crippen LogP contribution in [0.25, 0.3) is 11.3 Å². The van der Waals surface area contributed by atoms with Gasteiger partial charge in [0.2, 0.25) is 0 Å². The van der Waals surface area contributed by atoms with E-state index in [-0.39, 0.29) is 5.91 Å². The highest BCUT2D eigenvalue weighted by Gasteiger charge is 2.21. The third-order valence-corrected chi connectivity index (χ3v) is 4.93. The van der Waals surface area contributed by atoms with Crippen LogP contribution in [0.15, 0.2) is 30.3 Å². The molecule has 3 rings (SSSR count). The van der Waals surface area contributed by atoms with Crippen molar-refractivity contribution in [3.05, 3.63) is 35.4 Å². The van der Waals surface area contributed by atoms with E-state index in [4.69, 9.17) is 11.6 Å². The van der Waals surface area contributed by atoms with E-state index < -0.39 is 0 Å². The van der Waals surface area contributed by atoms with Crippen LogP contribution < -0.4 is 10.2 Å². The molecule has 128 valence electrons. The second kappa shape index (κ2) is 7.36. The molecule has 0 saturated carbocycles. The molecule has 0 radical (unpaired) electrons. The van der Waals surface area contributed by atoms with E-state index in [1.165, 1.54) is 17.7 Å². The fraction of sp³-hybridized carbons (Fsp3) is 0.444. The van der Waals surface area contributed by atoms with Crippen molar-refractivity contribution in [1.82, 2.24) is 9.78 Å². The number of likely N-dealkylation sites (tertiary alicyclic amines) is 1. The second-order valence-corrected chi connectivity index (χ2v) is 7.14. The standard InChI is InChI=1S/C18H23ClN4O/c1-13-7-9-23(10-8-13)12-18(24)20-17-11-16(21-22(17)2)14-3-5-15(19)6-4-14/h3-6,11,13H,7-10,12H2,1-2H3,(H,20,24)/p+1. The van der Waals surface area contributed by atoms with Crippen molar-refractivity contribution in [1.29, 1.82) is 0 Å². The van der Waals surface area contributed by atoms with Crippen molar-refractivity contribution in [3.8, 4) is 11.3 Å². The predicted octanol–water partition coefficient (Wildman–Crippen LogP) is 1.99. The summed E-state index contributed by atoms with van der Waals surface area (Å²) in [6.45, 7) is 4.96. The van der Waals surface area contributed by atoms with Gasteiger partial charge in [0.15, 0.2) is 6.54 Å². The van der Waals surface area contributed by atoms with E-state index in [0.29, 0.717) is 11.6 Å². The minimum Gasteiger partial charge on any atom is -0.327 e. The number of aromatic nitrogens is 2. The molecular weight excluding hydrogens is 324 g/mol. The van der Waals surface area contributed by atoms with Gasteiger partial charge >= 0.3 is 0 Å². The lowest BCUT2D eigenvalue weighted by Crippen LogP contribution is -3.14. The lowest BCUT2D eigenvalue weighted by Gasteiger charge is -2.26. The fourth-order valence-corrected chi connectivity index (χ4v) is 3.23. The van der Waals surface area contributed by atoms with Gasteiger partial charge in [0.05, 0.1) is 18.8 Å². The van der Waals surface area contributed by atoms with Gasteiger partial charge in [-0.3, -0.25) is 9.48 Å². The van der Waals surface area contributed by atoms with Crippen molar-refractivity contribution >= 4 is 23.3 Å². The number of quaternary nitrogens is 1. The number of hydrogen-bond acceptors (Lipinski definition) is 2. The Morgan fingerprint density at radius 3 is 2.67 bits per heavy atom. The Balaban J connectivity index is 1.63. The quantitative estimate of drug-likeness (QED) is 0.888. The molecule has 1 aliphatic heterocycles. The molecule has 24 heavy (non-hydrogen) atoms. The molecule has 0 bridgehead atoms. The summed E-state index contributed by atoms with van der Waals surface area (Å²) < 4.78 is 1.70. The molecule has 1 aromatic carbocycles. The number of anilines is 1. The Kier molecular flexibility index (Phi) is 5.21. The molecule has 2 N–H and O–H groups in total. The normalized spacial score (nSPS) is 20.8. The molecule has 0 unspecified atom stereocenters. The smallest absolute Gasteiger partial charge is 0.280 e. The van der Waals surface area contributed by atoms with Gasteiger partial charge in [-0.1, -0.05) is 30.7 Å². The van der Waals surface area contributed by atoms with E-state index >= 15 is 0 Å². The van der Waals surface area contributed by atoms with Gasteiger partial charge in [0.25, 0.3) is 5.91 Å². The molecule has 0 atom stereocenters. The fourth-order valence-electron chi connectivity index (χ4n) is 3.11. The van der Waals surface area contributed by atoms with Crippen LogP contribution in [0.2, 0.25) is 5.02 Å². The van der Waals surface area contributed by atoms with E-state index in [9.17, 15) is 4.79 Å². The maximum Gasteiger partial charge on any atom is 0.280 e. The van der Waals surface area contributed by atoms with Gasteiger partial charge in [-0.2, -0.15) is 5.10 Å². The maximum absolute atomic E-state index is 12.3. The summed E-state index contributed by atoms with van der Waals surface area (Å²) in [7, 11) is 1.84. The zero-order valence-electron chi connectivity index (χ0n) is 14.2. The molecule has 1 amide bonds. The van der Waals surface area contributed by atoms with Crippen LogP contribution in [0.4, 0.5) is 5.82 Å². The molecule has 0 spiro atoms. The van der Waals surface area contributed by atoms with Crippen LogP contribution in [-0.4, -0.2) is 35.3 Å². The number of halogens is 1. The Labute approximate surface area is 147 Å². The van der Waals surface area contributed by atoms with Crippen molar-refractivity contribution in [2.45, 2.75) is 19.8 Å². The molecule has 5 nitrogen and oxygen atoms in total. The van der Waals surface area contributed by atoms with Crippen molar-refractivity contribution in [3.63, 3.8) is 0 Å². The maximum atomic E-state index is 12.3. The first-order chi connectivity index (χ1) is 11.5. The van der Waals surface area contributed by atoms with E-state index in [0.717, 1.165) is 36.1 Å². The summed E-state index contributed by atoms with van der Waals surface area (Å²) >= 11 is 5.92. The number of amides is 1. The zero-order chi connectivity index (χ0) is 17.1. The minimum absolute atomic E-state index is 0.0465. The molecule has 1 saturated heterocycles. The van der Waals surface area contributed by atoms with Crippen molar-refractivity contribution in [2.24, 2.45) is 13.0 Å². The highest BCUT2D eigenvalue weighted by Crippen LogP contribution is 2.22. The van der Waals surface area contributed by atoms with Gasteiger partial charge < -0.3 is 10.2 Å². The van der Waals surface area contributed by atoms with E-state index in [2.05, 4.69) is 17.3 Å². The van der Waals surface area contributed by atoms with Crippen molar-refractivity contribution < 1.29 is 9.69 Å². The molecule has 0 aliphatic carbocycles. The number of rotatable bonds is 4. The lowest BCUT2D eigenvalue weighted by molar-refractivity contribution is -0.897. The van der Waals surface area contributed by atoms with Crippen LogP contribution in [0, 0.1) is 5.92 Å². The first-order valence-electron chi connectivity index (χ1n) is 8.44. The average Bonchev–Trinajstić information content (AvgIpc) is 2.91. The predicted molar refractivity (Wildman–Crippen MR) is 96.2 cm³/mol. The van der Waals surface area contributed by atoms with Crippen LogP contribution in [0.1, 0.15) is 19.8 Å². The summed E-state index contributed by atoms with van der Waals surface area (Å²) in [6.07, 6.45) is 2.41. The van der Waals surface area contributed by atoms with Gasteiger partial charge in [-0.05, 0) is 30.9 Å². The van der Waals surface area contributed by atoms with Crippen LogP contribution in [-0.2, 0) is 11.8 Å². The summed E-state index contributed by atoms with van der Waals surface area (Å²) in [5.74, 6) is 1.55. The monoisotopic (exact) mass is 347 g/mol. The number of carbonyl (C=O) groups is 1. The third kappa shape index (κ3) is 4.16. The lowest BCUT2D eigenvalue weighted by atomic mass is 9.99. The minimum atomic E-state index is 0.0465. The molecule has 6 heteroatoms. The Morgan fingerprint density at radius 1 is 1.33 bits per heavy atom. The zero-order valence-corrected chi connectivity index (χ0v) is 14.9. The van der Waals surface area contributed by atoms with E-state index in [1.807, 2.05) is 37.4 Å². The topological polar surface area (TPSA) is 51.4 Å². The van der Waals surface area contributed by atoms with Crippen LogP contribution in [0.5, 0.6) is 0 Å². The van der Waals surface area contributed by atoms with Crippen molar-refractivity contribution in [2.75, 3.05) is 25.0 Å². The van der Waals surface area contributed by atoms with Gasteiger partial charge in [-0.25, -0.2) is 0 Å². The first kappa shape index (κ1) is 17.0. The summed E-state index contributed by atoms with van der Waals surface area (Å²) in [4.78, 5) is 13.7. The Morgan fingerprint density at radius 2 is 2.00 bits per heavy atom. The summed E-state index contributed by atoms with van der Waals surface area (Å²) in [5.41, 5.74) is 1.80. The molecule has 2 heterocycles. The highest BCUT2D eigenvalue weighted by molar-refractivity contribution is 6.30. The SMILES string of the molecule is CC1CC[NH+](CC(=O)Nc2cc(-c3ccc(Cl)cc3)nn2C)CC1. The molecular formula is C18H24ClN4O+. The Bertz CT molecular complexity index is 702. The number of hydrogen-bond donors (Lipinski definition) is 2. The molecule has 1 aromatic heterocycles. The largest absolute Gasteiger partial charge is 0.327 e. The number of carbonyl (C=O) groups excluding carboxylic acids is 1. The van der Waals surface area contributed by atoms with Crippen LogP contribution in [0.3, 0.4) is 0 Å². The highest BCUT2D eigenvalue weighted by atomic mass is 35.5. The first-order valence-corrected chi connectivity index (χ1v) is 8.82. The average molecular weight is 348 g/mol. The number of nitrogens with zero attached hydrogens (tertiary/aromatic N) is 2. The number of aryl methyl sites for hydroxylation is 1. The summed E-state index contributed by atoms with van der Waals surface area (Å²) in [6, 6.07) is 9.43. The van der Waals surface area contributed by atoms with E-state index in [1.54, 1.807) is 4.68 Å². The third-order valence-electron chi connectivity index (χ3n) is 4.68. The van der Waals surface area contributed by atoms with Gasteiger partial charge in [-0.15, -0.1) is 0 Å². The molecule has 1 aliphatic rings. The number of piperidine rings is 1. The summed E-state index contributed by atoms with van der Waals surface area (Å²) in [5, 5.41) is 8.15. The number of benzene rings is 1.